The van der Waals surface area contributed by atoms with Gasteiger partial charge in [-0.15, -0.1) is 5.06 Å². The smallest absolute Gasteiger partial charge is 0.369 e. The maximum Gasteiger partial charge on any atom is 0.493 e. The van der Waals surface area contributed by atoms with Crippen molar-refractivity contribution in [3.63, 3.8) is 0 Å². The number of fused-ring (bicyclic) bond motifs is 1. The van der Waals surface area contributed by atoms with Crippen LogP contribution in [0.4, 0.5) is 30.6 Å². The first-order valence-corrected chi connectivity index (χ1v) is 10.3. The highest BCUT2D eigenvalue weighted by Gasteiger charge is 2.50. The van der Waals surface area contributed by atoms with Crippen LogP contribution in [0.3, 0.4) is 0 Å². The summed E-state index contributed by atoms with van der Waals surface area (Å²) in [7, 11) is 1.40. The Hall–Kier alpha value is -3.32. The molecular weight excluding hydrogens is 443 g/mol. The first-order chi connectivity index (χ1) is 15.6. The molecule has 2 atom stereocenters. The maximum absolute atomic E-state index is 13.2. The lowest BCUT2D eigenvalue weighted by molar-refractivity contribution is -0.203. The van der Waals surface area contributed by atoms with E-state index in [4.69, 9.17) is 16.3 Å². The van der Waals surface area contributed by atoms with Gasteiger partial charge >= 0.3 is 12.1 Å². The molecule has 4 rings (SSSR count). The number of hydrogen-bond acceptors (Lipinski definition) is 9. The molecule has 3 heterocycles. The molecule has 1 aromatic heterocycles. The number of hydrogen-bond donors (Lipinski definition) is 2. The summed E-state index contributed by atoms with van der Waals surface area (Å²) in [6.45, 7) is 0.929. The summed E-state index contributed by atoms with van der Waals surface area (Å²) in [6, 6.07) is 8.83. The molecule has 1 fully saturated rings. The molecule has 2 aliphatic heterocycles. The van der Waals surface area contributed by atoms with Gasteiger partial charge in [-0.05, 0) is 18.4 Å². The van der Waals surface area contributed by atoms with Gasteiger partial charge in [0.1, 0.15) is 0 Å². The second-order valence-electron chi connectivity index (χ2n) is 8.07. The number of alkyl halides is 3. The van der Waals surface area contributed by atoms with E-state index < -0.39 is 24.0 Å². The topological polar surface area (TPSA) is 123 Å². The van der Waals surface area contributed by atoms with Crippen molar-refractivity contribution >= 4 is 23.4 Å². The van der Waals surface area contributed by atoms with Crippen LogP contribution in [0.1, 0.15) is 18.4 Å². The fourth-order valence-electron chi connectivity index (χ4n) is 4.12. The van der Waals surface area contributed by atoms with Crippen molar-refractivity contribution in [3.8, 4) is 0 Å². The van der Waals surface area contributed by atoms with Gasteiger partial charge in [-0.25, -0.2) is 4.79 Å². The van der Waals surface area contributed by atoms with Gasteiger partial charge in [0.25, 0.3) is 5.56 Å². The minimum absolute atomic E-state index is 0.0188. The van der Waals surface area contributed by atoms with Crippen molar-refractivity contribution in [3.05, 3.63) is 46.2 Å². The Balaban J connectivity index is 1.86. The molecule has 178 valence electrons. The molecule has 2 unspecified atom stereocenters. The molecular formula is C20H24F3N7O3. The summed E-state index contributed by atoms with van der Waals surface area (Å²) >= 11 is 0. The Morgan fingerprint density at radius 1 is 1.27 bits per heavy atom. The predicted octanol–water partition coefficient (Wildman–Crippen LogP) is 0.916. The van der Waals surface area contributed by atoms with Crippen molar-refractivity contribution in [1.29, 1.82) is 0 Å². The summed E-state index contributed by atoms with van der Waals surface area (Å²) < 4.78 is 40.4. The number of rotatable bonds is 4. The molecule has 1 saturated heterocycles. The highest BCUT2D eigenvalue weighted by molar-refractivity contribution is 5.80. The Morgan fingerprint density at radius 3 is 2.61 bits per heavy atom. The molecule has 1 aromatic carbocycles. The number of halogens is 3. The maximum atomic E-state index is 13.2. The monoisotopic (exact) mass is 467 g/mol. The summed E-state index contributed by atoms with van der Waals surface area (Å²) in [4.78, 5) is 37.3. The van der Waals surface area contributed by atoms with Gasteiger partial charge in [-0.3, -0.25) is 14.3 Å². The number of nitrogens with two attached hydrogens (primary N) is 2. The van der Waals surface area contributed by atoms with Crippen LogP contribution in [0.5, 0.6) is 0 Å². The minimum Gasteiger partial charge on any atom is -0.369 e. The summed E-state index contributed by atoms with van der Waals surface area (Å²) in [5, 5.41) is 0.726. The third-order valence-electron chi connectivity index (χ3n) is 5.69. The van der Waals surface area contributed by atoms with Crippen LogP contribution < -0.4 is 27.0 Å². The van der Waals surface area contributed by atoms with Gasteiger partial charge in [0.15, 0.2) is 12.0 Å². The lowest BCUT2D eigenvalue weighted by Gasteiger charge is -2.42. The average Bonchev–Trinajstić information content (AvgIpc) is 3.05. The molecule has 0 radical (unpaired) electrons. The quantitative estimate of drug-likeness (QED) is 0.676. The van der Waals surface area contributed by atoms with Crippen molar-refractivity contribution in [2.24, 2.45) is 12.8 Å². The van der Waals surface area contributed by atoms with E-state index in [0.29, 0.717) is 19.5 Å². The number of nitrogens with zero attached hydrogens (tertiary/aromatic N) is 5. The molecule has 0 bridgehead atoms. The highest BCUT2D eigenvalue weighted by atomic mass is 19.4. The van der Waals surface area contributed by atoms with Gasteiger partial charge in [-0.1, -0.05) is 30.3 Å². The zero-order valence-electron chi connectivity index (χ0n) is 17.8. The fraction of sp³-hybridized carbons (Fsp3) is 0.450. The Bertz CT molecular complexity index is 1090. The van der Waals surface area contributed by atoms with Crippen LogP contribution in [0.2, 0.25) is 0 Å². The second-order valence-corrected chi connectivity index (χ2v) is 8.07. The van der Waals surface area contributed by atoms with E-state index in [-0.39, 0.29) is 30.0 Å². The number of benzene rings is 1. The SMILES string of the molecule is Cn1c(N)nc2c(c1=O)N(Cc1ccccc1)C(N1CCCC(N)C1)N2OC(=O)C(F)(F)F. The standard InChI is InChI=1S/C20H24F3N7O3/c1-27-16(31)14-15(26-18(27)25)30(33-17(32)20(21,22)23)19(28-9-5-8-13(24)11-28)29(14)10-12-6-3-2-4-7-12/h2-4,6-7,13,19H,5,8-11,24H2,1H3,(H2,25,26). The predicted molar refractivity (Wildman–Crippen MR) is 114 cm³/mol. The largest absolute Gasteiger partial charge is 0.493 e. The Kier molecular flexibility index (Phi) is 5.93. The molecule has 10 nitrogen and oxygen atoms in total. The van der Waals surface area contributed by atoms with E-state index in [2.05, 4.69) is 4.98 Å². The number of carbonyl (C=O) groups excluding carboxylic acids is 1. The number of carbonyl (C=O) groups is 1. The molecule has 33 heavy (non-hydrogen) atoms. The summed E-state index contributed by atoms with van der Waals surface area (Å²) in [5.74, 6) is -2.92. The molecule has 2 aliphatic rings. The van der Waals surface area contributed by atoms with E-state index in [9.17, 15) is 22.8 Å². The fourth-order valence-corrected chi connectivity index (χ4v) is 4.12. The Morgan fingerprint density at radius 2 is 1.97 bits per heavy atom. The van der Waals surface area contributed by atoms with E-state index >= 15 is 0 Å². The third kappa shape index (κ3) is 4.33. The minimum atomic E-state index is -5.25. The lowest BCUT2D eigenvalue weighted by Crippen LogP contribution is -2.60. The van der Waals surface area contributed by atoms with Crippen LogP contribution >= 0.6 is 0 Å². The van der Waals surface area contributed by atoms with Crippen molar-refractivity contribution in [1.82, 2.24) is 14.5 Å². The van der Waals surface area contributed by atoms with Gasteiger partial charge in [-0.2, -0.15) is 18.2 Å². The van der Waals surface area contributed by atoms with Crippen LogP contribution in [-0.4, -0.2) is 52.0 Å². The first kappa shape index (κ1) is 22.9. The molecule has 0 amide bonds. The summed E-state index contributed by atoms with van der Waals surface area (Å²) in [6.07, 6.45) is -4.90. The van der Waals surface area contributed by atoms with E-state index in [1.165, 1.54) is 7.05 Å². The van der Waals surface area contributed by atoms with Crippen LogP contribution in [0.25, 0.3) is 0 Å². The highest BCUT2D eigenvalue weighted by Crippen LogP contribution is 2.40. The average molecular weight is 467 g/mol. The van der Waals surface area contributed by atoms with Gasteiger partial charge in [0.2, 0.25) is 11.8 Å². The van der Waals surface area contributed by atoms with Gasteiger partial charge in [0, 0.05) is 32.7 Å². The molecule has 4 N–H and O–H groups in total. The first-order valence-electron chi connectivity index (χ1n) is 10.3. The molecule has 0 spiro atoms. The van der Waals surface area contributed by atoms with Gasteiger partial charge in [0.05, 0.1) is 0 Å². The van der Waals surface area contributed by atoms with Crippen molar-refractivity contribution < 1.29 is 22.8 Å². The third-order valence-corrected chi connectivity index (χ3v) is 5.69. The second kappa shape index (κ2) is 8.56. The van der Waals surface area contributed by atoms with Crippen LogP contribution in [0, 0.1) is 0 Å². The Labute approximate surface area is 187 Å². The number of likely N-dealkylation sites (tertiary alicyclic amines) is 1. The number of hydroxylamine groups is 1. The normalized spacial score (nSPS) is 21.2. The number of piperidine rings is 1. The van der Waals surface area contributed by atoms with Crippen molar-refractivity contribution in [2.45, 2.75) is 37.9 Å². The molecule has 0 saturated carbocycles. The molecule has 13 heteroatoms. The van der Waals surface area contributed by atoms with E-state index in [1.54, 1.807) is 21.9 Å². The van der Waals surface area contributed by atoms with Crippen LogP contribution in [0.15, 0.2) is 35.1 Å². The van der Waals surface area contributed by atoms with E-state index in [0.717, 1.165) is 21.6 Å². The number of nitrogen functional groups attached to an aromatic ring is 1. The van der Waals surface area contributed by atoms with E-state index in [1.807, 2.05) is 18.2 Å². The number of aromatic nitrogens is 2. The molecule has 0 aliphatic carbocycles. The lowest BCUT2D eigenvalue weighted by atomic mass is 10.1. The number of anilines is 3. The summed E-state index contributed by atoms with van der Waals surface area (Å²) in [5.41, 5.74) is 12.1. The zero-order valence-corrected chi connectivity index (χ0v) is 17.8. The van der Waals surface area contributed by atoms with Crippen molar-refractivity contribution in [2.75, 3.05) is 28.8 Å². The van der Waals surface area contributed by atoms with Crippen LogP contribution in [-0.2, 0) is 23.2 Å². The molecule has 2 aromatic rings. The zero-order chi connectivity index (χ0) is 23.9. The van der Waals surface area contributed by atoms with Gasteiger partial charge < -0.3 is 21.2 Å².